The molecule has 5 nitrogen and oxygen atoms in total. The lowest BCUT2D eigenvalue weighted by Crippen LogP contribution is -2.46. The second kappa shape index (κ2) is 6.92. The third kappa shape index (κ3) is 5.85. The van der Waals surface area contributed by atoms with Gasteiger partial charge in [0.2, 0.25) is 0 Å². The van der Waals surface area contributed by atoms with Crippen LogP contribution >= 0.6 is 0 Å². The Morgan fingerprint density at radius 1 is 0.955 bits per heavy atom. The number of aliphatic hydroxyl groups is 1. The number of benzene rings is 1. The van der Waals surface area contributed by atoms with Crippen LogP contribution < -0.4 is 10.6 Å². The van der Waals surface area contributed by atoms with E-state index in [-0.39, 0.29) is 23.8 Å². The molecule has 0 spiro atoms. The maximum atomic E-state index is 12.0. The summed E-state index contributed by atoms with van der Waals surface area (Å²) in [7, 11) is 0. The van der Waals surface area contributed by atoms with Crippen LogP contribution in [0.15, 0.2) is 24.3 Å². The van der Waals surface area contributed by atoms with Crippen molar-refractivity contribution in [2.45, 2.75) is 40.2 Å². The lowest BCUT2D eigenvalue weighted by atomic mass is 9.97. The second-order valence-electron chi connectivity index (χ2n) is 7.32. The van der Waals surface area contributed by atoms with Crippen LogP contribution in [0.2, 0.25) is 0 Å². The highest BCUT2D eigenvalue weighted by Crippen LogP contribution is 2.12. The zero-order valence-electron chi connectivity index (χ0n) is 14.0. The van der Waals surface area contributed by atoms with E-state index in [1.165, 1.54) is 0 Å². The van der Waals surface area contributed by atoms with Gasteiger partial charge in [0, 0.05) is 17.7 Å². The number of carbonyl (C=O) groups is 2. The van der Waals surface area contributed by atoms with Gasteiger partial charge in [-0.1, -0.05) is 20.8 Å². The van der Waals surface area contributed by atoms with Crippen molar-refractivity contribution in [2.75, 3.05) is 13.2 Å². The number of amides is 2. The average molecular weight is 306 g/mol. The molecule has 0 heterocycles. The Morgan fingerprint density at radius 2 is 1.41 bits per heavy atom. The third-order valence-corrected chi connectivity index (χ3v) is 3.04. The van der Waals surface area contributed by atoms with Crippen LogP contribution in [-0.4, -0.2) is 35.6 Å². The van der Waals surface area contributed by atoms with E-state index in [1.807, 2.05) is 20.8 Å². The molecular formula is C17H26N2O3. The third-order valence-electron chi connectivity index (χ3n) is 3.04. The molecule has 22 heavy (non-hydrogen) atoms. The minimum atomic E-state index is -0.681. The standard InChI is InChI=1S/C17H26N2O3/c1-16(2,3)10-18-14(21)12-6-8-13(9-7-12)15(22)19-17(4,5)11-20/h6-9,20H,10-11H2,1-5H3,(H,18,21)(H,19,22). The number of carbonyl (C=O) groups excluding carboxylic acids is 2. The Bertz CT molecular complexity index is 528. The van der Waals surface area contributed by atoms with Gasteiger partial charge in [0.25, 0.3) is 11.8 Å². The monoisotopic (exact) mass is 306 g/mol. The summed E-state index contributed by atoms with van der Waals surface area (Å²) < 4.78 is 0. The number of nitrogens with one attached hydrogen (secondary N) is 2. The molecule has 0 radical (unpaired) electrons. The highest BCUT2D eigenvalue weighted by atomic mass is 16.3. The molecule has 0 atom stereocenters. The Kier molecular flexibility index (Phi) is 5.72. The maximum Gasteiger partial charge on any atom is 0.251 e. The van der Waals surface area contributed by atoms with Gasteiger partial charge in [-0.25, -0.2) is 0 Å². The van der Waals surface area contributed by atoms with Gasteiger partial charge in [-0.15, -0.1) is 0 Å². The number of aliphatic hydroxyl groups excluding tert-OH is 1. The predicted octanol–water partition coefficient (Wildman–Crippen LogP) is 1.96. The van der Waals surface area contributed by atoms with Gasteiger partial charge < -0.3 is 15.7 Å². The first-order valence-electron chi connectivity index (χ1n) is 7.36. The van der Waals surface area contributed by atoms with Crippen molar-refractivity contribution >= 4 is 11.8 Å². The molecule has 0 saturated carbocycles. The Balaban J connectivity index is 2.70. The Morgan fingerprint density at radius 3 is 1.82 bits per heavy atom. The van der Waals surface area contributed by atoms with Gasteiger partial charge >= 0.3 is 0 Å². The predicted molar refractivity (Wildman–Crippen MR) is 86.9 cm³/mol. The lowest BCUT2D eigenvalue weighted by molar-refractivity contribution is 0.0867. The molecule has 0 aromatic heterocycles. The minimum absolute atomic E-state index is 0.0192. The summed E-state index contributed by atoms with van der Waals surface area (Å²) in [6.45, 7) is 10.0. The van der Waals surface area contributed by atoms with Crippen molar-refractivity contribution in [1.29, 1.82) is 0 Å². The molecule has 1 aromatic carbocycles. The molecule has 0 aliphatic carbocycles. The van der Waals surface area contributed by atoms with Crippen LogP contribution in [0, 0.1) is 5.41 Å². The number of hydrogen-bond donors (Lipinski definition) is 3. The second-order valence-corrected chi connectivity index (χ2v) is 7.32. The van der Waals surface area contributed by atoms with Gasteiger partial charge in [0.05, 0.1) is 12.1 Å². The van der Waals surface area contributed by atoms with E-state index >= 15 is 0 Å². The fraction of sp³-hybridized carbons (Fsp3) is 0.529. The van der Waals surface area contributed by atoms with Crippen LogP contribution in [0.3, 0.4) is 0 Å². The summed E-state index contributed by atoms with van der Waals surface area (Å²) in [5, 5.41) is 14.8. The summed E-state index contributed by atoms with van der Waals surface area (Å²) in [6.07, 6.45) is 0. The van der Waals surface area contributed by atoms with Gasteiger partial charge in [0.15, 0.2) is 0 Å². The summed E-state index contributed by atoms with van der Waals surface area (Å²) in [5.41, 5.74) is 0.307. The normalized spacial score (nSPS) is 11.9. The molecule has 3 N–H and O–H groups in total. The van der Waals surface area contributed by atoms with Crippen molar-refractivity contribution in [3.63, 3.8) is 0 Å². The summed E-state index contributed by atoms with van der Waals surface area (Å²) in [5.74, 6) is -0.432. The van der Waals surface area contributed by atoms with Gasteiger partial charge in [0.1, 0.15) is 0 Å². The molecule has 122 valence electrons. The topological polar surface area (TPSA) is 78.4 Å². The molecule has 1 rings (SSSR count). The minimum Gasteiger partial charge on any atom is -0.394 e. The fourth-order valence-corrected chi connectivity index (χ4v) is 1.64. The zero-order chi connectivity index (χ0) is 17.0. The zero-order valence-corrected chi connectivity index (χ0v) is 14.0. The van der Waals surface area contributed by atoms with Crippen molar-refractivity contribution in [1.82, 2.24) is 10.6 Å². The lowest BCUT2D eigenvalue weighted by Gasteiger charge is -2.23. The van der Waals surface area contributed by atoms with E-state index in [0.29, 0.717) is 17.7 Å². The van der Waals surface area contributed by atoms with E-state index < -0.39 is 5.54 Å². The van der Waals surface area contributed by atoms with E-state index in [9.17, 15) is 9.59 Å². The summed E-state index contributed by atoms with van der Waals surface area (Å²) >= 11 is 0. The van der Waals surface area contributed by atoms with E-state index in [0.717, 1.165) is 0 Å². The number of hydrogen-bond acceptors (Lipinski definition) is 3. The van der Waals surface area contributed by atoms with Gasteiger partial charge in [-0.05, 0) is 43.5 Å². The molecule has 5 heteroatoms. The van der Waals surface area contributed by atoms with E-state index in [1.54, 1.807) is 38.1 Å². The molecule has 0 aliphatic rings. The van der Waals surface area contributed by atoms with Crippen molar-refractivity contribution < 1.29 is 14.7 Å². The van der Waals surface area contributed by atoms with Crippen LogP contribution in [0.1, 0.15) is 55.3 Å². The molecule has 0 bridgehead atoms. The molecule has 0 unspecified atom stereocenters. The van der Waals surface area contributed by atoms with E-state index in [2.05, 4.69) is 10.6 Å². The van der Waals surface area contributed by atoms with Crippen LogP contribution in [0.4, 0.5) is 0 Å². The number of rotatable bonds is 5. The maximum absolute atomic E-state index is 12.0. The Hall–Kier alpha value is -1.88. The van der Waals surface area contributed by atoms with Crippen molar-refractivity contribution in [3.8, 4) is 0 Å². The Labute approximate surface area is 132 Å². The van der Waals surface area contributed by atoms with E-state index in [4.69, 9.17) is 5.11 Å². The first kappa shape index (κ1) is 18.2. The quantitative estimate of drug-likeness (QED) is 0.778. The first-order chi connectivity index (χ1) is 10.0. The molecule has 0 fully saturated rings. The molecule has 0 aliphatic heterocycles. The van der Waals surface area contributed by atoms with Crippen LogP contribution in [0.25, 0.3) is 0 Å². The SMILES string of the molecule is CC(C)(C)CNC(=O)c1ccc(C(=O)NC(C)(C)CO)cc1. The van der Waals surface area contributed by atoms with Gasteiger partial charge in [-0.2, -0.15) is 0 Å². The molecule has 0 saturated heterocycles. The van der Waals surface area contributed by atoms with Crippen molar-refractivity contribution in [3.05, 3.63) is 35.4 Å². The average Bonchev–Trinajstić information content (AvgIpc) is 2.43. The summed E-state index contributed by atoms with van der Waals surface area (Å²) in [6, 6.07) is 6.46. The highest BCUT2D eigenvalue weighted by molar-refractivity contribution is 5.98. The van der Waals surface area contributed by atoms with Crippen LogP contribution in [-0.2, 0) is 0 Å². The first-order valence-corrected chi connectivity index (χ1v) is 7.36. The smallest absolute Gasteiger partial charge is 0.251 e. The van der Waals surface area contributed by atoms with Crippen LogP contribution in [0.5, 0.6) is 0 Å². The van der Waals surface area contributed by atoms with Crippen molar-refractivity contribution in [2.24, 2.45) is 5.41 Å². The largest absolute Gasteiger partial charge is 0.394 e. The molecule has 2 amide bonds. The molecule has 1 aromatic rings. The molecular weight excluding hydrogens is 280 g/mol. The highest BCUT2D eigenvalue weighted by Gasteiger charge is 2.20. The van der Waals surface area contributed by atoms with Gasteiger partial charge in [-0.3, -0.25) is 9.59 Å². The summed E-state index contributed by atoms with van der Waals surface area (Å²) in [4.78, 5) is 24.0. The fourth-order valence-electron chi connectivity index (χ4n) is 1.64.